The molecule has 134 valence electrons. The van der Waals surface area contributed by atoms with E-state index in [9.17, 15) is 4.79 Å². The second-order valence-electron chi connectivity index (χ2n) is 6.62. The minimum absolute atomic E-state index is 0.0899. The van der Waals surface area contributed by atoms with E-state index < -0.39 is 0 Å². The fourth-order valence-corrected chi connectivity index (χ4v) is 3.52. The van der Waals surface area contributed by atoms with Gasteiger partial charge in [-0.15, -0.1) is 0 Å². The lowest BCUT2D eigenvalue weighted by atomic mass is 10.0. The number of hydrogen-bond acceptors (Lipinski definition) is 6. The summed E-state index contributed by atoms with van der Waals surface area (Å²) in [5, 5.41) is 8.95. The maximum absolute atomic E-state index is 11.6. The first-order chi connectivity index (χ1) is 12.7. The van der Waals surface area contributed by atoms with Crippen molar-refractivity contribution in [3.63, 3.8) is 0 Å². The van der Waals surface area contributed by atoms with Crippen molar-refractivity contribution in [1.29, 1.82) is 0 Å². The third-order valence-electron chi connectivity index (χ3n) is 4.92. The van der Waals surface area contributed by atoms with Gasteiger partial charge < -0.3 is 10.2 Å². The van der Waals surface area contributed by atoms with Crippen LogP contribution in [0, 0.1) is 0 Å². The third kappa shape index (κ3) is 3.24. The van der Waals surface area contributed by atoms with Gasteiger partial charge in [0.1, 0.15) is 18.0 Å². The van der Waals surface area contributed by atoms with Crippen LogP contribution < -0.4 is 15.8 Å². The first-order valence-electron chi connectivity index (χ1n) is 8.97. The van der Waals surface area contributed by atoms with Crippen LogP contribution in [0.4, 0.5) is 11.6 Å². The highest BCUT2D eigenvalue weighted by atomic mass is 16.1. The molecule has 0 bridgehead atoms. The predicted octanol–water partition coefficient (Wildman–Crippen LogP) is 2.19. The molecule has 0 radical (unpaired) electrons. The Hall–Kier alpha value is -2.96. The van der Waals surface area contributed by atoms with Gasteiger partial charge in [-0.3, -0.25) is 4.79 Å². The number of piperidine rings is 1. The lowest BCUT2D eigenvalue weighted by Gasteiger charge is -2.36. The molecule has 4 rings (SSSR count). The number of aromatic nitrogens is 4. The maximum Gasteiger partial charge on any atom is 0.266 e. The number of rotatable bonds is 4. The molecule has 3 heterocycles. The summed E-state index contributed by atoms with van der Waals surface area (Å²) in [5.41, 5.74) is 0.845. The van der Waals surface area contributed by atoms with E-state index in [1.807, 2.05) is 30.3 Å². The average Bonchev–Trinajstić information content (AvgIpc) is 2.69. The van der Waals surface area contributed by atoms with Gasteiger partial charge in [-0.05, 0) is 37.5 Å². The van der Waals surface area contributed by atoms with Crippen molar-refractivity contribution >= 4 is 22.5 Å². The van der Waals surface area contributed by atoms with Crippen LogP contribution in [0.5, 0.6) is 0 Å². The molecule has 0 aliphatic carbocycles. The Morgan fingerprint density at radius 1 is 1.15 bits per heavy atom. The summed E-state index contributed by atoms with van der Waals surface area (Å²) in [5.74, 6) is 1.71. The first kappa shape index (κ1) is 16.5. The number of nitrogens with zero attached hydrogens (tertiary/aromatic N) is 5. The second-order valence-corrected chi connectivity index (χ2v) is 6.62. The zero-order chi connectivity index (χ0) is 17.9. The normalized spacial score (nSPS) is 17.4. The number of para-hydroxylation sites is 1. The molecule has 7 heteroatoms. The average molecular weight is 350 g/mol. The molecule has 3 aromatic rings. The Balaban J connectivity index is 1.55. The highest BCUT2D eigenvalue weighted by Crippen LogP contribution is 2.24. The summed E-state index contributed by atoms with van der Waals surface area (Å²) in [6.07, 6.45) is 5.01. The van der Waals surface area contributed by atoms with Gasteiger partial charge in [-0.25, -0.2) is 14.6 Å². The topological polar surface area (TPSA) is 75.9 Å². The molecule has 0 spiro atoms. The number of hydrogen-bond donors (Lipinski definition) is 1. The number of anilines is 2. The second kappa shape index (κ2) is 7.11. The van der Waals surface area contributed by atoms with Crippen molar-refractivity contribution in [3.05, 3.63) is 53.1 Å². The van der Waals surface area contributed by atoms with Gasteiger partial charge in [0.15, 0.2) is 0 Å². The van der Waals surface area contributed by atoms with Crippen molar-refractivity contribution in [3.8, 4) is 0 Å². The fourth-order valence-electron chi connectivity index (χ4n) is 3.52. The zero-order valence-corrected chi connectivity index (χ0v) is 14.8. The lowest BCUT2D eigenvalue weighted by molar-refractivity contribution is 0.464. The molecule has 0 amide bonds. The van der Waals surface area contributed by atoms with Crippen molar-refractivity contribution in [1.82, 2.24) is 19.7 Å². The summed E-state index contributed by atoms with van der Waals surface area (Å²) in [6.45, 7) is 1.72. The number of aryl methyl sites for hydroxylation is 1. The molecule has 1 fully saturated rings. The monoisotopic (exact) mass is 350 g/mol. The molecule has 1 aliphatic rings. The van der Waals surface area contributed by atoms with E-state index in [0.717, 1.165) is 48.5 Å². The Morgan fingerprint density at radius 3 is 2.92 bits per heavy atom. The first-order valence-corrected chi connectivity index (χ1v) is 8.97. The van der Waals surface area contributed by atoms with Gasteiger partial charge in [0.25, 0.3) is 5.56 Å². The summed E-state index contributed by atoms with van der Waals surface area (Å²) < 4.78 is 1.40. The molecular weight excluding hydrogens is 328 g/mol. The van der Waals surface area contributed by atoms with Gasteiger partial charge in [0.2, 0.25) is 0 Å². The van der Waals surface area contributed by atoms with Crippen molar-refractivity contribution < 1.29 is 0 Å². The van der Waals surface area contributed by atoms with E-state index in [2.05, 4.69) is 25.3 Å². The van der Waals surface area contributed by atoms with E-state index in [1.54, 1.807) is 19.4 Å². The van der Waals surface area contributed by atoms with Crippen LogP contribution >= 0.6 is 0 Å². The summed E-state index contributed by atoms with van der Waals surface area (Å²) in [4.78, 5) is 22.6. The van der Waals surface area contributed by atoms with Crippen LogP contribution in [0.3, 0.4) is 0 Å². The Morgan fingerprint density at radius 2 is 2.04 bits per heavy atom. The van der Waals surface area contributed by atoms with Crippen molar-refractivity contribution in [2.75, 3.05) is 23.3 Å². The van der Waals surface area contributed by atoms with E-state index in [1.165, 1.54) is 11.1 Å². The predicted molar refractivity (Wildman–Crippen MR) is 102 cm³/mol. The largest absolute Gasteiger partial charge is 0.367 e. The molecule has 1 aliphatic heterocycles. The quantitative estimate of drug-likeness (QED) is 0.777. The summed E-state index contributed by atoms with van der Waals surface area (Å²) in [6, 6.07) is 11.7. The molecule has 1 N–H and O–H groups in total. The smallest absolute Gasteiger partial charge is 0.266 e. The molecule has 2 aromatic heterocycles. The van der Waals surface area contributed by atoms with Gasteiger partial charge in [-0.2, -0.15) is 5.10 Å². The minimum Gasteiger partial charge on any atom is -0.367 e. The SMILES string of the molecule is Cn1nc(N2CCCCC2CNc2ncnc3ccccc23)ccc1=O. The summed E-state index contributed by atoms with van der Waals surface area (Å²) >= 11 is 0. The molecule has 1 saturated heterocycles. The zero-order valence-electron chi connectivity index (χ0n) is 14.8. The van der Waals surface area contributed by atoms with Crippen LogP contribution in [0.2, 0.25) is 0 Å². The van der Waals surface area contributed by atoms with E-state index in [0.29, 0.717) is 6.04 Å². The van der Waals surface area contributed by atoms with Crippen LogP contribution in [0.1, 0.15) is 19.3 Å². The third-order valence-corrected chi connectivity index (χ3v) is 4.92. The Kier molecular flexibility index (Phi) is 4.51. The standard InChI is InChI=1S/C19H22N6O/c1-24-18(26)10-9-17(23-24)25-11-5-4-6-14(25)12-20-19-15-7-2-3-8-16(15)21-13-22-19/h2-3,7-10,13-14H,4-6,11-12H2,1H3,(H,20,21,22). The molecule has 7 nitrogen and oxygen atoms in total. The Labute approximate surface area is 151 Å². The Bertz CT molecular complexity index is 964. The van der Waals surface area contributed by atoms with Gasteiger partial charge >= 0.3 is 0 Å². The highest BCUT2D eigenvalue weighted by Gasteiger charge is 2.24. The molecule has 1 aromatic carbocycles. The number of nitrogens with one attached hydrogen (secondary N) is 1. The van der Waals surface area contributed by atoms with Crippen LogP contribution in [0.15, 0.2) is 47.5 Å². The van der Waals surface area contributed by atoms with Gasteiger partial charge in [-0.1, -0.05) is 12.1 Å². The van der Waals surface area contributed by atoms with Gasteiger partial charge in [0.05, 0.1) is 5.52 Å². The molecule has 26 heavy (non-hydrogen) atoms. The minimum atomic E-state index is -0.0899. The summed E-state index contributed by atoms with van der Waals surface area (Å²) in [7, 11) is 1.69. The van der Waals surface area contributed by atoms with Crippen LogP contribution in [0.25, 0.3) is 10.9 Å². The van der Waals surface area contributed by atoms with Crippen molar-refractivity contribution in [2.45, 2.75) is 25.3 Å². The van der Waals surface area contributed by atoms with E-state index >= 15 is 0 Å². The van der Waals surface area contributed by atoms with E-state index in [-0.39, 0.29) is 5.56 Å². The maximum atomic E-state index is 11.6. The number of fused-ring (bicyclic) bond motifs is 1. The number of benzene rings is 1. The van der Waals surface area contributed by atoms with Gasteiger partial charge in [0, 0.05) is 37.6 Å². The molecule has 0 saturated carbocycles. The highest BCUT2D eigenvalue weighted by molar-refractivity contribution is 5.88. The van der Waals surface area contributed by atoms with Crippen molar-refractivity contribution in [2.24, 2.45) is 7.05 Å². The molecule has 1 unspecified atom stereocenters. The fraction of sp³-hybridized carbons (Fsp3) is 0.368. The lowest BCUT2D eigenvalue weighted by Crippen LogP contribution is -2.45. The molecular formula is C19H22N6O. The van der Waals surface area contributed by atoms with Crippen LogP contribution in [-0.2, 0) is 7.05 Å². The van der Waals surface area contributed by atoms with E-state index in [4.69, 9.17) is 0 Å². The molecule has 1 atom stereocenters. The van der Waals surface area contributed by atoms with Crippen LogP contribution in [-0.4, -0.2) is 38.9 Å².